The lowest BCUT2D eigenvalue weighted by Crippen LogP contribution is -2.05. The number of esters is 1. The van der Waals surface area contributed by atoms with Gasteiger partial charge in [-0.3, -0.25) is 9.55 Å². The maximum Gasteiger partial charge on any atom is 0.339 e. The monoisotopic (exact) mass is 481 g/mol. The van der Waals surface area contributed by atoms with Crippen molar-refractivity contribution >= 4 is 33.7 Å². The van der Waals surface area contributed by atoms with Crippen molar-refractivity contribution in [2.75, 3.05) is 6.61 Å². The first-order chi connectivity index (χ1) is 14.7. The largest absolute Gasteiger partial charge is 0.462 e. The summed E-state index contributed by atoms with van der Waals surface area (Å²) < 4.78 is 7.94. The minimum absolute atomic E-state index is 0.322. The van der Waals surface area contributed by atoms with Gasteiger partial charge in [-0.05, 0) is 67.2 Å². The average Bonchev–Trinajstić information content (AvgIpc) is 3.19. The van der Waals surface area contributed by atoms with E-state index in [2.05, 4.69) is 36.1 Å². The number of carbonyl (C=O) groups excluding carboxylic acids is 1. The van der Waals surface area contributed by atoms with Crippen molar-refractivity contribution in [2.45, 2.75) is 17.1 Å². The van der Waals surface area contributed by atoms with Crippen LogP contribution in [0, 0.1) is 0 Å². The molecule has 4 rings (SSSR count). The number of carbonyl (C=O) groups is 1. The summed E-state index contributed by atoms with van der Waals surface area (Å²) in [6.07, 6.45) is 4.97. The first-order valence-electron chi connectivity index (χ1n) is 9.08. The number of benzene rings is 1. The first-order valence-corrected chi connectivity index (χ1v) is 10.7. The van der Waals surface area contributed by atoms with Gasteiger partial charge in [-0.2, -0.15) is 0 Å². The van der Waals surface area contributed by atoms with E-state index in [4.69, 9.17) is 4.74 Å². The highest BCUT2D eigenvalue weighted by Crippen LogP contribution is 2.31. The number of rotatable bonds is 6. The molecule has 0 unspecified atom stereocenters. The van der Waals surface area contributed by atoms with E-state index in [9.17, 15) is 4.79 Å². The van der Waals surface area contributed by atoms with Crippen LogP contribution in [0.2, 0.25) is 0 Å². The van der Waals surface area contributed by atoms with Gasteiger partial charge in [-0.25, -0.2) is 9.78 Å². The van der Waals surface area contributed by atoms with Crippen molar-refractivity contribution in [3.8, 4) is 17.1 Å². The molecule has 0 N–H and O–H groups in total. The van der Waals surface area contributed by atoms with E-state index in [0.29, 0.717) is 28.2 Å². The van der Waals surface area contributed by atoms with Crippen molar-refractivity contribution in [1.82, 2.24) is 24.7 Å². The summed E-state index contributed by atoms with van der Waals surface area (Å²) in [6, 6.07) is 15.1. The van der Waals surface area contributed by atoms with Crippen LogP contribution < -0.4 is 0 Å². The molecule has 7 nitrogen and oxygen atoms in total. The van der Waals surface area contributed by atoms with Crippen LogP contribution >= 0.6 is 27.7 Å². The summed E-state index contributed by atoms with van der Waals surface area (Å²) in [7, 11) is 0. The molecule has 0 fully saturated rings. The number of nitrogens with zero attached hydrogens (tertiary/aromatic N) is 5. The molecule has 0 aliphatic carbocycles. The molecular formula is C21H16BrN5O2S. The van der Waals surface area contributed by atoms with Gasteiger partial charge in [0.2, 0.25) is 5.16 Å². The van der Waals surface area contributed by atoms with E-state index in [-0.39, 0.29) is 0 Å². The second-order valence-corrected chi connectivity index (χ2v) is 7.97. The molecule has 30 heavy (non-hydrogen) atoms. The third-order valence-electron chi connectivity index (χ3n) is 4.08. The Morgan fingerprint density at radius 2 is 1.93 bits per heavy atom. The van der Waals surface area contributed by atoms with Gasteiger partial charge in [0, 0.05) is 34.3 Å². The molecule has 9 heteroatoms. The molecule has 0 saturated heterocycles. The third-order valence-corrected chi connectivity index (χ3v) is 5.51. The normalized spacial score (nSPS) is 10.7. The highest BCUT2D eigenvalue weighted by atomic mass is 79.9. The van der Waals surface area contributed by atoms with Crippen molar-refractivity contribution in [1.29, 1.82) is 0 Å². The molecule has 3 aromatic heterocycles. The predicted octanol–water partition coefficient (Wildman–Crippen LogP) is 4.81. The summed E-state index contributed by atoms with van der Waals surface area (Å²) >= 11 is 4.83. The summed E-state index contributed by atoms with van der Waals surface area (Å²) in [5, 5.41) is 10.1. The molecule has 0 aliphatic heterocycles. The summed E-state index contributed by atoms with van der Waals surface area (Å²) in [5.41, 5.74) is 2.17. The van der Waals surface area contributed by atoms with Gasteiger partial charge in [-0.1, -0.05) is 15.9 Å². The Labute approximate surface area is 185 Å². The van der Waals surface area contributed by atoms with Crippen LogP contribution in [-0.4, -0.2) is 37.3 Å². The number of hydrogen-bond donors (Lipinski definition) is 0. The molecule has 0 atom stereocenters. The fourth-order valence-electron chi connectivity index (χ4n) is 2.71. The lowest BCUT2D eigenvalue weighted by molar-refractivity contribution is 0.0525. The molecule has 4 aromatic rings. The summed E-state index contributed by atoms with van der Waals surface area (Å²) in [6.45, 7) is 2.09. The molecule has 0 aliphatic rings. The zero-order valence-corrected chi connectivity index (χ0v) is 18.3. The maximum absolute atomic E-state index is 11.8. The Hall–Kier alpha value is -3.04. The van der Waals surface area contributed by atoms with E-state index in [1.807, 2.05) is 41.0 Å². The Bertz CT molecular complexity index is 1150. The molecule has 0 amide bonds. The zero-order chi connectivity index (χ0) is 20.9. The van der Waals surface area contributed by atoms with E-state index in [0.717, 1.165) is 15.7 Å². The van der Waals surface area contributed by atoms with Crippen LogP contribution in [0.25, 0.3) is 17.1 Å². The van der Waals surface area contributed by atoms with Crippen LogP contribution in [0.1, 0.15) is 17.3 Å². The van der Waals surface area contributed by atoms with Crippen molar-refractivity contribution < 1.29 is 9.53 Å². The Morgan fingerprint density at radius 3 is 2.60 bits per heavy atom. The topological polar surface area (TPSA) is 82.8 Å². The quantitative estimate of drug-likeness (QED) is 0.365. The lowest BCUT2D eigenvalue weighted by Gasteiger charge is -2.10. The van der Waals surface area contributed by atoms with Crippen molar-refractivity contribution in [3.63, 3.8) is 0 Å². The smallest absolute Gasteiger partial charge is 0.339 e. The maximum atomic E-state index is 11.8. The molecule has 0 radical (unpaired) electrons. The fraction of sp³-hybridized carbons (Fsp3) is 0.0952. The second-order valence-electron chi connectivity index (χ2n) is 6.07. The van der Waals surface area contributed by atoms with Gasteiger partial charge in [0.15, 0.2) is 5.82 Å². The molecule has 0 bridgehead atoms. The van der Waals surface area contributed by atoms with Crippen LogP contribution in [0.3, 0.4) is 0 Å². The highest BCUT2D eigenvalue weighted by molar-refractivity contribution is 9.10. The van der Waals surface area contributed by atoms with E-state index < -0.39 is 5.97 Å². The van der Waals surface area contributed by atoms with E-state index in [1.165, 1.54) is 18.0 Å². The predicted molar refractivity (Wildman–Crippen MR) is 117 cm³/mol. The Kier molecular flexibility index (Phi) is 6.20. The fourth-order valence-corrected chi connectivity index (χ4v) is 3.77. The van der Waals surface area contributed by atoms with Crippen molar-refractivity contribution in [2.24, 2.45) is 0 Å². The van der Waals surface area contributed by atoms with Gasteiger partial charge in [0.05, 0.1) is 12.2 Å². The minimum atomic E-state index is -0.390. The Balaban J connectivity index is 1.70. The SMILES string of the molecule is CCOC(=O)c1ccc(Sc2nnc(-c3cccnc3)n2-c2ccc(Br)cc2)nc1. The van der Waals surface area contributed by atoms with Gasteiger partial charge in [-0.15, -0.1) is 10.2 Å². The number of pyridine rings is 2. The molecular weight excluding hydrogens is 466 g/mol. The molecule has 3 heterocycles. The Morgan fingerprint density at radius 1 is 1.10 bits per heavy atom. The molecule has 150 valence electrons. The number of aromatic nitrogens is 5. The number of halogens is 1. The lowest BCUT2D eigenvalue weighted by atomic mass is 10.2. The summed E-state index contributed by atoms with van der Waals surface area (Å²) in [5.74, 6) is 0.287. The number of hydrogen-bond acceptors (Lipinski definition) is 7. The average molecular weight is 482 g/mol. The summed E-state index contributed by atoms with van der Waals surface area (Å²) in [4.78, 5) is 20.4. The molecule has 0 spiro atoms. The van der Waals surface area contributed by atoms with Crippen LogP contribution in [-0.2, 0) is 4.74 Å². The first kappa shape index (κ1) is 20.2. The van der Waals surface area contributed by atoms with E-state index in [1.54, 1.807) is 31.5 Å². The van der Waals surface area contributed by atoms with Gasteiger partial charge in [0.25, 0.3) is 0 Å². The zero-order valence-electron chi connectivity index (χ0n) is 15.9. The van der Waals surface area contributed by atoms with Crippen molar-refractivity contribution in [3.05, 3.63) is 77.2 Å². The van der Waals surface area contributed by atoms with Gasteiger partial charge in [0.1, 0.15) is 5.03 Å². The van der Waals surface area contributed by atoms with E-state index >= 15 is 0 Å². The van der Waals surface area contributed by atoms with Gasteiger partial charge >= 0.3 is 5.97 Å². The van der Waals surface area contributed by atoms with Crippen LogP contribution in [0.5, 0.6) is 0 Å². The van der Waals surface area contributed by atoms with Crippen LogP contribution in [0.4, 0.5) is 0 Å². The standard InChI is InChI=1S/C21H16BrN5O2S/c1-2-29-20(28)15-5-10-18(24-13-15)30-21-26-25-19(14-4-3-11-23-12-14)27(21)17-8-6-16(22)7-9-17/h3-13H,2H2,1H3. The third kappa shape index (κ3) is 4.42. The number of ether oxygens (including phenoxy) is 1. The van der Waals surface area contributed by atoms with Crippen LogP contribution in [0.15, 0.2) is 81.8 Å². The highest BCUT2D eigenvalue weighted by Gasteiger charge is 2.18. The minimum Gasteiger partial charge on any atom is -0.462 e. The second kappa shape index (κ2) is 9.19. The molecule has 0 saturated carbocycles. The van der Waals surface area contributed by atoms with Gasteiger partial charge < -0.3 is 4.74 Å². The molecule has 1 aromatic carbocycles.